The summed E-state index contributed by atoms with van der Waals surface area (Å²) in [4.78, 5) is 23.1. The molecule has 84 valence electrons. The molecule has 0 saturated heterocycles. The number of nitrogens with zero attached hydrogens (tertiary/aromatic N) is 1. The first-order valence-corrected chi connectivity index (χ1v) is 5.18. The zero-order valence-electron chi connectivity index (χ0n) is 9.48. The molecule has 0 unspecified atom stereocenters. The van der Waals surface area contributed by atoms with Crippen LogP contribution in [0.3, 0.4) is 0 Å². The van der Waals surface area contributed by atoms with Crippen molar-refractivity contribution in [1.82, 2.24) is 4.74 Å². The SMILES string of the molecule is CC(=O)c1cccc2c1c(=O)on2C(C)C. The van der Waals surface area contributed by atoms with E-state index in [0.29, 0.717) is 16.5 Å². The Labute approximate surface area is 92.4 Å². The first-order valence-electron chi connectivity index (χ1n) is 5.18. The van der Waals surface area contributed by atoms with Crippen LogP contribution in [0.15, 0.2) is 27.5 Å². The van der Waals surface area contributed by atoms with E-state index in [1.165, 1.54) is 11.7 Å². The van der Waals surface area contributed by atoms with E-state index in [4.69, 9.17) is 4.52 Å². The van der Waals surface area contributed by atoms with Crippen LogP contribution in [0.5, 0.6) is 0 Å². The highest BCUT2D eigenvalue weighted by atomic mass is 16.5. The number of ketones is 1. The Kier molecular flexibility index (Phi) is 2.42. The van der Waals surface area contributed by atoms with E-state index < -0.39 is 5.63 Å². The molecule has 0 aliphatic carbocycles. The average Bonchev–Trinajstić information content (AvgIpc) is 2.56. The van der Waals surface area contributed by atoms with Crippen LogP contribution in [0.1, 0.15) is 37.2 Å². The second kappa shape index (κ2) is 3.63. The maximum Gasteiger partial charge on any atom is 0.366 e. The minimum absolute atomic E-state index is 0.0485. The van der Waals surface area contributed by atoms with Crippen molar-refractivity contribution in [2.24, 2.45) is 0 Å². The van der Waals surface area contributed by atoms with E-state index in [9.17, 15) is 9.59 Å². The summed E-state index contributed by atoms with van der Waals surface area (Å²) in [6, 6.07) is 5.23. The second-order valence-electron chi connectivity index (χ2n) is 4.05. The summed E-state index contributed by atoms with van der Waals surface area (Å²) in [5.41, 5.74) is 0.646. The maximum absolute atomic E-state index is 11.7. The van der Waals surface area contributed by atoms with Crippen molar-refractivity contribution in [2.75, 3.05) is 0 Å². The van der Waals surface area contributed by atoms with Gasteiger partial charge in [0.1, 0.15) is 0 Å². The summed E-state index contributed by atoms with van der Waals surface area (Å²) >= 11 is 0. The highest BCUT2D eigenvalue weighted by Gasteiger charge is 2.16. The fraction of sp³-hybridized carbons (Fsp3) is 0.333. The number of aromatic nitrogens is 1. The van der Waals surface area contributed by atoms with E-state index in [0.717, 1.165) is 0 Å². The number of rotatable bonds is 2. The third-order valence-corrected chi connectivity index (χ3v) is 2.51. The van der Waals surface area contributed by atoms with E-state index in [1.807, 2.05) is 13.8 Å². The number of Topliss-reactive ketones (excluding diaryl/α,β-unsaturated/α-hetero) is 1. The lowest BCUT2D eigenvalue weighted by Crippen LogP contribution is -2.00. The molecule has 1 heterocycles. The van der Waals surface area contributed by atoms with Crippen molar-refractivity contribution in [3.63, 3.8) is 0 Å². The van der Waals surface area contributed by atoms with Crippen LogP contribution >= 0.6 is 0 Å². The monoisotopic (exact) mass is 219 g/mol. The molecule has 1 aromatic heterocycles. The van der Waals surface area contributed by atoms with Gasteiger partial charge in [-0.15, -0.1) is 0 Å². The molecule has 0 aliphatic heterocycles. The lowest BCUT2D eigenvalue weighted by Gasteiger charge is -2.05. The summed E-state index contributed by atoms with van der Waals surface area (Å²) in [6.07, 6.45) is 0. The Bertz CT molecular complexity index is 604. The van der Waals surface area contributed by atoms with Gasteiger partial charge in [-0.25, -0.2) is 9.53 Å². The number of benzene rings is 1. The smallest absolute Gasteiger partial charge is 0.335 e. The van der Waals surface area contributed by atoms with Gasteiger partial charge in [0.25, 0.3) is 0 Å². The highest BCUT2D eigenvalue weighted by molar-refractivity contribution is 6.05. The highest BCUT2D eigenvalue weighted by Crippen LogP contribution is 2.19. The minimum atomic E-state index is -0.450. The molecule has 0 amide bonds. The predicted molar refractivity (Wildman–Crippen MR) is 60.9 cm³/mol. The van der Waals surface area contributed by atoms with Crippen LogP contribution in [0.2, 0.25) is 0 Å². The Balaban J connectivity index is 2.90. The predicted octanol–water partition coefficient (Wildman–Crippen LogP) is 2.38. The topological polar surface area (TPSA) is 52.2 Å². The molecule has 0 bridgehead atoms. The Morgan fingerprint density at radius 1 is 1.38 bits per heavy atom. The van der Waals surface area contributed by atoms with Crippen molar-refractivity contribution < 1.29 is 9.32 Å². The minimum Gasteiger partial charge on any atom is -0.335 e. The summed E-state index contributed by atoms with van der Waals surface area (Å²) in [7, 11) is 0. The van der Waals surface area contributed by atoms with Crippen molar-refractivity contribution in [1.29, 1.82) is 0 Å². The van der Waals surface area contributed by atoms with Gasteiger partial charge in [0, 0.05) is 5.56 Å². The number of carbonyl (C=O) groups is 1. The fourth-order valence-corrected chi connectivity index (χ4v) is 1.80. The van der Waals surface area contributed by atoms with Crippen LogP contribution < -0.4 is 5.63 Å². The van der Waals surface area contributed by atoms with Crippen molar-refractivity contribution in [3.05, 3.63) is 34.2 Å². The van der Waals surface area contributed by atoms with Gasteiger partial charge in [0.15, 0.2) is 5.78 Å². The molecule has 0 spiro atoms. The summed E-state index contributed by atoms with van der Waals surface area (Å²) in [5.74, 6) is -0.126. The quantitative estimate of drug-likeness (QED) is 0.728. The normalized spacial score (nSPS) is 11.2. The number of fused-ring (bicyclic) bond motifs is 1. The summed E-state index contributed by atoms with van der Waals surface area (Å²) < 4.78 is 6.66. The van der Waals surface area contributed by atoms with Crippen molar-refractivity contribution >= 4 is 16.7 Å². The number of hydrogen-bond acceptors (Lipinski definition) is 3. The molecular formula is C12H13NO3. The van der Waals surface area contributed by atoms with Crippen LogP contribution in [0.4, 0.5) is 0 Å². The third-order valence-electron chi connectivity index (χ3n) is 2.51. The zero-order chi connectivity index (χ0) is 11.9. The molecule has 4 nitrogen and oxygen atoms in total. The molecule has 0 aliphatic rings. The molecule has 0 atom stereocenters. The molecule has 0 N–H and O–H groups in total. The molecule has 16 heavy (non-hydrogen) atoms. The van der Waals surface area contributed by atoms with Crippen LogP contribution in [0.25, 0.3) is 10.9 Å². The number of carbonyl (C=O) groups excluding carboxylic acids is 1. The van der Waals surface area contributed by atoms with Gasteiger partial charge in [-0.2, -0.15) is 0 Å². The van der Waals surface area contributed by atoms with Crippen molar-refractivity contribution in [2.45, 2.75) is 26.8 Å². The Morgan fingerprint density at radius 3 is 2.62 bits per heavy atom. The van der Waals surface area contributed by atoms with Gasteiger partial charge in [-0.3, -0.25) is 4.79 Å². The fourth-order valence-electron chi connectivity index (χ4n) is 1.80. The van der Waals surface area contributed by atoms with E-state index in [2.05, 4.69) is 0 Å². The second-order valence-corrected chi connectivity index (χ2v) is 4.05. The Morgan fingerprint density at radius 2 is 2.06 bits per heavy atom. The maximum atomic E-state index is 11.7. The summed E-state index contributed by atoms with van der Waals surface area (Å²) in [6.45, 7) is 5.28. The molecule has 2 aromatic rings. The largest absolute Gasteiger partial charge is 0.366 e. The molecule has 0 fully saturated rings. The third kappa shape index (κ3) is 1.46. The lowest BCUT2D eigenvalue weighted by molar-refractivity contribution is 0.101. The van der Waals surface area contributed by atoms with E-state index in [-0.39, 0.29) is 11.8 Å². The van der Waals surface area contributed by atoms with Gasteiger partial charge in [0.2, 0.25) is 0 Å². The zero-order valence-corrected chi connectivity index (χ0v) is 9.48. The van der Waals surface area contributed by atoms with Crippen LogP contribution in [-0.4, -0.2) is 10.5 Å². The van der Waals surface area contributed by atoms with E-state index >= 15 is 0 Å². The van der Waals surface area contributed by atoms with Crippen LogP contribution in [0, 0.1) is 0 Å². The molecule has 2 rings (SSSR count). The van der Waals surface area contributed by atoms with Gasteiger partial charge in [-0.05, 0) is 26.8 Å². The van der Waals surface area contributed by atoms with Gasteiger partial charge < -0.3 is 4.52 Å². The van der Waals surface area contributed by atoms with Crippen LogP contribution in [-0.2, 0) is 0 Å². The first kappa shape index (κ1) is 10.7. The molecule has 1 aromatic carbocycles. The standard InChI is InChI=1S/C12H13NO3/c1-7(2)13-10-6-4-5-9(8(3)14)11(10)12(15)16-13/h4-7H,1-3H3. The lowest BCUT2D eigenvalue weighted by atomic mass is 10.1. The molecular weight excluding hydrogens is 206 g/mol. The van der Waals surface area contributed by atoms with E-state index in [1.54, 1.807) is 18.2 Å². The molecule has 0 radical (unpaired) electrons. The summed E-state index contributed by atoms with van der Waals surface area (Å²) in [5, 5.41) is 0.378. The molecule has 0 saturated carbocycles. The van der Waals surface area contributed by atoms with Gasteiger partial charge in [0.05, 0.1) is 16.9 Å². The van der Waals surface area contributed by atoms with Gasteiger partial charge >= 0.3 is 5.63 Å². The number of hydrogen-bond donors (Lipinski definition) is 0. The average molecular weight is 219 g/mol. The van der Waals surface area contributed by atoms with Crippen molar-refractivity contribution in [3.8, 4) is 0 Å². The first-order chi connectivity index (χ1) is 7.52. The van der Waals surface area contributed by atoms with Gasteiger partial charge in [-0.1, -0.05) is 12.1 Å². The molecule has 4 heteroatoms. The Hall–Kier alpha value is -1.84.